The molecule has 4 fully saturated rings. The van der Waals surface area contributed by atoms with E-state index in [2.05, 4.69) is 0 Å². The van der Waals surface area contributed by atoms with Crippen LogP contribution in [0, 0.1) is 5.41 Å². The van der Waals surface area contributed by atoms with Gasteiger partial charge in [-0.15, -0.1) is 0 Å². The highest BCUT2D eigenvalue weighted by Crippen LogP contribution is 2.66. The molecular formula is C24H40O12. The van der Waals surface area contributed by atoms with E-state index in [1.807, 2.05) is 26.8 Å². The predicted molar refractivity (Wildman–Crippen MR) is 121 cm³/mol. The van der Waals surface area contributed by atoms with Gasteiger partial charge < -0.3 is 59.4 Å². The fourth-order valence-corrected chi connectivity index (χ4v) is 5.89. The minimum atomic E-state index is -1.87. The van der Waals surface area contributed by atoms with Crippen LogP contribution in [0.1, 0.15) is 40.5 Å². The minimum Gasteiger partial charge on any atom is -0.393 e. The second-order valence-corrected chi connectivity index (χ2v) is 11.5. The Bertz CT molecular complexity index is 821. The van der Waals surface area contributed by atoms with E-state index in [-0.39, 0.29) is 18.6 Å². The van der Waals surface area contributed by atoms with Crippen LogP contribution in [0.5, 0.6) is 0 Å². The van der Waals surface area contributed by atoms with Crippen molar-refractivity contribution in [1.29, 1.82) is 0 Å². The molecule has 1 aliphatic carbocycles. The minimum absolute atomic E-state index is 0.345. The van der Waals surface area contributed by atoms with Crippen molar-refractivity contribution >= 4 is 0 Å². The molecule has 0 amide bonds. The number of fused-ring (bicyclic) bond motifs is 1. The third-order valence-corrected chi connectivity index (χ3v) is 8.10. The van der Waals surface area contributed by atoms with Crippen molar-refractivity contribution in [3.63, 3.8) is 0 Å². The van der Waals surface area contributed by atoms with Gasteiger partial charge in [-0.3, -0.25) is 0 Å². The van der Waals surface area contributed by atoms with Crippen LogP contribution in [0.25, 0.3) is 0 Å². The molecule has 0 bridgehead atoms. The molecule has 36 heavy (non-hydrogen) atoms. The van der Waals surface area contributed by atoms with E-state index in [0.29, 0.717) is 12.8 Å². The van der Waals surface area contributed by atoms with Crippen molar-refractivity contribution in [1.82, 2.24) is 0 Å². The van der Waals surface area contributed by atoms with Crippen LogP contribution in [-0.2, 0) is 23.7 Å². The number of hydrogen-bond donors (Lipinski definition) is 7. The highest BCUT2D eigenvalue weighted by Gasteiger charge is 2.75. The summed E-state index contributed by atoms with van der Waals surface area (Å²) in [6.07, 6.45) is -6.22. The third-order valence-electron chi connectivity index (χ3n) is 8.10. The zero-order valence-electron chi connectivity index (χ0n) is 21.1. The molecule has 12 heteroatoms. The summed E-state index contributed by atoms with van der Waals surface area (Å²) in [6.45, 7) is 6.28. The van der Waals surface area contributed by atoms with Crippen molar-refractivity contribution in [2.45, 2.75) is 113 Å². The molecule has 0 aromatic rings. The molecule has 12 nitrogen and oxygen atoms in total. The average Bonchev–Trinajstić information content (AvgIpc) is 3.34. The Morgan fingerprint density at radius 2 is 1.72 bits per heavy atom. The Morgan fingerprint density at radius 3 is 2.31 bits per heavy atom. The topological polar surface area (TPSA) is 191 Å². The molecule has 3 heterocycles. The standard InChI is InChI=1S/C24H40O12/c1-12(26)5-6-24-21(2,3)7-13(8-22(24,4)36-24)34-19-17(29)16(28)15(27)14(35-19)9-32-20-18(30)23(31,10-25)11-33-20/h5-6,12-20,25-31H,7-11H2,1-4H3. The SMILES string of the molecule is CC(O)C=CC12OC1(C)CC(OC1OC(COC3OCC(O)(CO)C3O)C(O)C(O)C1O)CC2(C)C. The van der Waals surface area contributed by atoms with Gasteiger partial charge in [-0.25, -0.2) is 0 Å². The number of aliphatic hydroxyl groups excluding tert-OH is 6. The summed E-state index contributed by atoms with van der Waals surface area (Å²) in [6, 6.07) is 0. The highest BCUT2D eigenvalue weighted by atomic mass is 16.7. The lowest BCUT2D eigenvalue weighted by Crippen LogP contribution is -2.60. The van der Waals surface area contributed by atoms with Crippen molar-refractivity contribution in [2.75, 3.05) is 19.8 Å². The summed E-state index contributed by atoms with van der Waals surface area (Å²) >= 11 is 0. The Hall–Kier alpha value is -0.740. The molecule has 1 saturated carbocycles. The molecule has 4 aliphatic rings. The Balaban J connectivity index is 1.39. The maximum Gasteiger partial charge on any atom is 0.186 e. The fraction of sp³-hybridized carbons (Fsp3) is 0.917. The molecule has 3 saturated heterocycles. The summed E-state index contributed by atoms with van der Waals surface area (Å²) < 4.78 is 28.7. The van der Waals surface area contributed by atoms with Crippen molar-refractivity contribution < 1.29 is 59.4 Å². The molecule has 7 N–H and O–H groups in total. The molecule has 0 aromatic heterocycles. The van der Waals surface area contributed by atoms with E-state index in [1.165, 1.54) is 0 Å². The summed E-state index contributed by atoms with van der Waals surface area (Å²) in [5.74, 6) is 0. The zero-order valence-corrected chi connectivity index (χ0v) is 21.1. The van der Waals surface area contributed by atoms with Crippen molar-refractivity contribution in [3.05, 3.63) is 12.2 Å². The fourth-order valence-electron chi connectivity index (χ4n) is 5.89. The number of aliphatic hydroxyl groups is 7. The van der Waals surface area contributed by atoms with Gasteiger partial charge in [0.05, 0.1) is 32.0 Å². The van der Waals surface area contributed by atoms with Gasteiger partial charge in [-0.2, -0.15) is 0 Å². The number of hydrogen-bond acceptors (Lipinski definition) is 12. The first-order valence-electron chi connectivity index (χ1n) is 12.4. The second kappa shape index (κ2) is 9.78. The first kappa shape index (κ1) is 28.3. The zero-order chi connectivity index (χ0) is 26.7. The average molecular weight is 521 g/mol. The van der Waals surface area contributed by atoms with Gasteiger partial charge in [0.2, 0.25) is 0 Å². The van der Waals surface area contributed by atoms with E-state index < -0.39 is 78.7 Å². The van der Waals surface area contributed by atoms with Crippen LogP contribution >= 0.6 is 0 Å². The second-order valence-electron chi connectivity index (χ2n) is 11.5. The molecule has 0 radical (unpaired) electrons. The monoisotopic (exact) mass is 520 g/mol. The van der Waals surface area contributed by atoms with Crippen molar-refractivity contribution in [3.8, 4) is 0 Å². The van der Waals surface area contributed by atoms with Gasteiger partial charge >= 0.3 is 0 Å². The van der Waals surface area contributed by atoms with E-state index in [4.69, 9.17) is 23.7 Å². The summed E-state index contributed by atoms with van der Waals surface area (Å²) in [4.78, 5) is 0. The van der Waals surface area contributed by atoms with Gasteiger partial charge in [0.1, 0.15) is 47.3 Å². The van der Waals surface area contributed by atoms with Crippen LogP contribution < -0.4 is 0 Å². The largest absolute Gasteiger partial charge is 0.393 e. The van der Waals surface area contributed by atoms with Crippen LogP contribution in [0.15, 0.2) is 12.2 Å². The van der Waals surface area contributed by atoms with E-state index >= 15 is 0 Å². The first-order chi connectivity index (χ1) is 16.7. The molecule has 4 rings (SSSR count). The number of ether oxygens (including phenoxy) is 5. The lowest BCUT2D eigenvalue weighted by Gasteiger charge is -2.45. The summed E-state index contributed by atoms with van der Waals surface area (Å²) in [5.41, 5.74) is -3.36. The molecule has 0 spiro atoms. The Morgan fingerprint density at radius 1 is 1.03 bits per heavy atom. The third kappa shape index (κ3) is 4.76. The van der Waals surface area contributed by atoms with E-state index in [0.717, 1.165) is 0 Å². The molecular weight excluding hydrogens is 480 g/mol. The normalized spacial score (nSPS) is 51.3. The quantitative estimate of drug-likeness (QED) is 0.137. The summed E-state index contributed by atoms with van der Waals surface area (Å²) in [5, 5.41) is 70.6. The maximum absolute atomic E-state index is 10.5. The Kier molecular flexibility index (Phi) is 7.68. The van der Waals surface area contributed by atoms with Crippen molar-refractivity contribution in [2.24, 2.45) is 5.41 Å². The highest BCUT2D eigenvalue weighted by molar-refractivity contribution is 5.32. The lowest BCUT2D eigenvalue weighted by atomic mass is 9.63. The first-order valence-corrected chi connectivity index (χ1v) is 12.4. The van der Waals surface area contributed by atoms with Crippen LogP contribution in [0.2, 0.25) is 0 Å². The molecule has 0 aromatic carbocycles. The van der Waals surface area contributed by atoms with Gasteiger partial charge in [-0.1, -0.05) is 26.0 Å². The maximum atomic E-state index is 10.5. The number of rotatable bonds is 8. The number of epoxide rings is 1. The van der Waals surface area contributed by atoms with E-state index in [9.17, 15) is 35.7 Å². The van der Waals surface area contributed by atoms with Crippen LogP contribution in [-0.4, -0.2) is 128 Å². The van der Waals surface area contributed by atoms with Crippen LogP contribution in [0.4, 0.5) is 0 Å². The van der Waals surface area contributed by atoms with Gasteiger partial charge in [-0.05, 0) is 20.3 Å². The summed E-state index contributed by atoms with van der Waals surface area (Å²) in [7, 11) is 0. The smallest absolute Gasteiger partial charge is 0.186 e. The molecule has 3 aliphatic heterocycles. The van der Waals surface area contributed by atoms with Gasteiger partial charge in [0.15, 0.2) is 12.6 Å². The van der Waals surface area contributed by atoms with Gasteiger partial charge in [0.25, 0.3) is 0 Å². The molecule has 12 atom stereocenters. The van der Waals surface area contributed by atoms with Crippen LogP contribution in [0.3, 0.4) is 0 Å². The molecule has 208 valence electrons. The predicted octanol–water partition coefficient (Wildman–Crippen LogP) is -2.08. The molecule has 12 unspecified atom stereocenters. The van der Waals surface area contributed by atoms with Gasteiger partial charge in [0, 0.05) is 11.8 Å². The van der Waals surface area contributed by atoms with E-state index in [1.54, 1.807) is 13.0 Å². The lowest BCUT2D eigenvalue weighted by molar-refractivity contribution is -0.322. The Labute approximate surface area is 210 Å².